The van der Waals surface area contributed by atoms with Crippen LogP contribution in [-0.2, 0) is 14.4 Å². The summed E-state index contributed by atoms with van der Waals surface area (Å²) in [6.07, 6.45) is 1.85. The minimum absolute atomic E-state index is 0.0793. The first-order valence-corrected chi connectivity index (χ1v) is 9.55. The van der Waals surface area contributed by atoms with Crippen molar-refractivity contribution < 1.29 is 19.2 Å². The normalized spacial score (nSPS) is 17.7. The molecule has 0 radical (unpaired) electrons. The van der Waals surface area contributed by atoms with Crippen molar-refractivity contribution in [1.29, 1.82) is 0 Å². The Balaban J connectivity index is 2.21. The molecule has 0 spiro atoms. The fourth-order valence-corrected chi connectivity index (χ4v) is 3.41. The van der Waals surface area contributed by atoms with E-state index in [-0.39, 0.29) is 24.3 Å². The molecule has 1 aliphatic heterocycles. The topological polar surface area (TPSA) is 95.6 Å². The van der Waals surface area contributed by atoms with E-state index in [0.29, 0.717) is 31.2 Å². The molecule has 0 saturated carbocycles. The smallest absolute Gasteiger partial charge is 0.252 e. The first-order valence-electron chi connectivity index (χ1n) is 9.55. The van der Waals surface area contributed by atoms with Gasteiger partial charge >= 0.3 is 0 Å². The Bertz CT molecular complexity index is 754. The zero-order valence-electron chi connectivity index (χ0n) is 17.0. The SMILES string of the molecule is Cc1ccccc1C(=O)N[C@H](C(=O)N1CCC[C@H]1C(=O)NCC=O)C(C)(C)C. The van der Waals surface area contributed by atoms with Crippen LogP contribution in [0.2, 0.25) is 0 Å². The molecule has 1 aliphatic rings. The highest BCUT2D eigenvalue weighted by Gasteiger charge is 2.41. The molecular weight excluding hydrogens is 358 g/mol. The molecule has 7 heteroatoms. The molecule has 0 unspecified atom stereocenters. The van der Waals surface area contributed by atoms with Crippen LogP contribution in [0.1, 0.15) is 49.5 Å². The van der Waals surface area contributed by atoms with Crippen molar-refractivity contribution in [2.24, 2.45) is 5.41 Å². The Hall–Kier alpha value is -2.70. The van der Waals surface area contributed by atoms with Crippen LogP contribution in [0.4, 0.5) is 0 Å². The molecule has 2 atom stereocenters. The van der Waals surface area contributed by atoms with Gasteiger partial charge in [-0.1, -0.05) is 39.0 Å². The molecule has 2 N–H and O–H groups in total. The molecular formula is C21H29N3O4. The lowest BCUT2D eigenvalue weighted by molar-refractivity contribution is -0.141. The summed E-state index contributed by atoms with van der Waals surface area (Å²) in [4.78, 5) is 50.5. The first-order chi connectivity index (χ1) is 13.2. The van der Waals surface area contributed by atoms with E-state index in [4.69, 9.17) is 0 Å². The molecule has 1 heterocycles. The van der Waals surface area contributed by atoms with Gasteiger partial charge in [0.05, 0.1) is 6.54 Å². The van der Waals surface area contributed by atoms with E-state index >= 15 is 0 Å². The van der Waals surface area contributed by atoms with Crippen LogP contribution in [0.25, 0.3) is 0 Å². The summed E-state index contributed by atoms with van der Waals surface area (Å²) in [5.74, 6) is -0.929. The Labute approximate surface area is 165 Å². The van der Waals surface area contributed by atoms with E-state index in [1.54, 1.807) is 12.1 Å². The predicted molar refractivity (Wildman–Crippen MR) is 106 cm³/mol. The second kappa shape index (κ2) is 8.99. The molecule has 2 rings (SSSR count). The molecule has 152 valence electrons. The fourth-order valence-electron chi connectivity index (χ4n) is 3.41. The van der Waals surface area contributed by atoms with Gasteiger partial charge in [0.25, 0.3) is 5.91 Å². The molecule has 28 heavy (non-hydrogen) atoms. The van der Waals surface area contributed by atoms with Crippen molar-refractivity contribution in [3.8, 4) is 0 Å². The maximum absolute atomic E-state index is 13.3. The van der Waals surface area contributed by atoms with Crippen molar-refractivity contribution in [2.75, 3.05) is 13.1 Å². The van der Waals surface area contributed by atoms with E-state index in [0.717, 1.165) is 5.56 Å². The van der Waals surface area contributed by atoms with Gasteiger partial charge in [-0.25, -0.2) is 0 Å². The summed E-state index contributed by atoms with van der Waals surface area (Å²) in [6.45, 7) is 7.85. The van der Waals surface area contributed by atoms with Crippen LogP contribution in [-0.4, -0.2) is 54.1 Å². The van der Waals surface area contributed by atoms with Crippen LogP contribution in [0, 0.1) is 12.3 Å². The predicted octanol–water partition coefficient (Wildman–Crippen LogP) is 1.45. The van der Waals surface area contributed by atoms with E-state index in [1.807, 2.05) is 39.8 Å². The maximum atomic E-state index is 13.3. The molecule has 0 aliphatic carbocycles. The highest BCUT2D eigenvalue weighted by molar-refractivity contribution is 5.99. The van der Waals surface area contributed by atoms with Crippen molar-refractivity contribution in [3.63, 3.8) is 0 Å². The summed E-state index contributed by atoms with van der Waals surface area (Å²) in [7, 11) is 0. The van der Waals surface area contributed by atoms with Crippen LogP contribution in [0.15, 0.2) is 24.3 Å². The number of carbonyl (C=O) groups excluding carboxylic acids is 4. The number of hydrogen-bond donors (Lipinski definition) is 2. The van der Waals surface area contributed by atoms with Gasteiger partial charge in [0.15, 0.2) is 0 Å². The summed E-state index contributed by atoms with van der Waals surface area (Å²) in [5.41, 5.74) is 0.806. The highest BCUT2D eigenvalue weighted by Crippen LogP contribution is 2.26. The average molecular weight is 387 g/mol. The minimum atomic E-state index is -0.779. The zero-order chi connectivity index (χ0) is 20.9. The lowest BCUT2D eigenvalue weighted by Crippen LogP contribution is -2.57. The number of carbonyl (C=O) groups is 4. The Kier molecular flexibility index (Phi) is 6.94. The van der Waals surface area contributed by atoms with Crippen molar-refractivity contribution in [3.05, 3.63) is 35.4 Å². The third-order valence-corrected chi connectivity index (χ3v) is 4.98. The minimum Gasteiger partial charge on any atom is -0.348 e. The van der Waals surface area contributed by atoms with Gasteiger partial charge in [-0.3, -0.25) is 14.4 Å². The number of aldehydes is 1. The van der Waals surface area contributed by atoms with Crippen LogP contribution in [0.3, 0.4) is 0 Å². The Morgan fingerprint density at radius 3 is 2.54 bits per heavy atom. The van der Waals surface area contributed by atoms with Crippen molar-refractivity contribution >= 4 is 24.0 Å². The number of benzene rings is 1. The number of aryl methyl sites for hydroxylation is 1. The number of amides is 3. The maximum Gasteiger partial charge on any atom is 0.252 e. The summed E-state index contributed by atoms with van der Waals surface area (Å²) < 4.78 is 0. The van der Waals surface area contributed by atoms with E-state index < -0.39 is 17.5 Å². The lowest BCUT2D eigenvalue weighted by atomic mass is 9.85. The zero-order valence-corrected chi connectivity index (χ0v) is 17.0. The quantitative estimate of drug-likeness (QED) is 0.722. The largest absolute Gasteiger partial charge is 0.348 e. The molecule has 7 nitrogen and oxygen atoms in total. The average Bonchev–Trinajstić information content (AvgIpc) is 3.12. The number of nitrogens with zero attached hydrogens (tertiary/aromatic N) is 1. The summed E-state index contributed by atoms with van der Waals surface area (Å²) >= 11 is 0. The summed E-state index contributed by atoms with van der Waals surface area (Å²) in [6, 6.07) is 5.80. The van der Waals surface area contributed by atoms with Gasteiger partial charge in [-0.2, -0.15) is 0 Å². The second-order valence-electron chi connectivity index (χ2n) is 8.19. The van der Waals surface area contributed by atoms with Gasteiger partial charge in [-0.15, -0.1) is 0 Å². The molecule has 1 fully saturated rings. The van der Waals surface area contributed by atoms with Gasteiger partial charge in [0.2, 0.25) is 11.8 Å². The first kappa shape index (κ1) is 21.6. The van der Waals surface area contributed by atoms with Gasteiger partial charge in [0, 0.05) is 12.1 Å². The van der Waals surface area contributed by atoms with Gasteiger partial charge in [-0.05, 0) is 36.8 Å². The van der Waals surface area contributed by atoms with E-state index in [2.05, 4.69) is 10.6 Å². The Morgan fingerprint density at radius 1 is 1.25 bits per heavy atom. The summed E-state index contributed by atoms with van der Waals surface area (Å²) in [5, 5.41) is 5.40. The van der Waals surface area contributed by atoms with Crippen LogP contribution in [0.5, 0.6) is 0 Å². The van der Waals surface area contributed by atoms with Crippen LogP contribution >= 0.6 is 0 Å². The third kappa shape index (κ3) is 4.97. The highest BCUT2D eigenvalue weighted by atomic mass is 16.2. The van der Waals surface area contributed by atoms with E-state index in [1.165, 1.54) is 4.90 Å². The molecule has 0 bridgehead atoms. The Morgan fingerprint density at radius 2 is 1.93 bits per heavy atom. The third-order valence-electron chi connectivity index (χ3n) is 4.98. The number of nitrogens with one attached hydrogen (secondary N) is 2. The van der Waals surface area contributed by atoms with Crippen LogP contribution < -0.4 is 10.6 Å². The molecule has 1 saturated heterocycles. The number of hydrogen-bond acceptors (Lipinski definition) is 4. The number of likely N-dealkylation sites (tertiary alicyclic amines) is 1. The van der Waals surface area contributed by atoms with Crippen molar-refractivity contribution in [2.45, 2.75) is 52.6 Å². The molecule has 1 aromatic carbocycles. The molecule has 1 aromatic rings. The fraction of sp³-hybridized carbons (Fsp3) is 0.524. The second-order valence-corrected chi connectivity index (χ2v) is 8.19. The molecule has 3 amide bonds. The van der Waals surface area contributed by atoms with Crippen molar-refractivity contribution in [1.82, 2.24) is 15.5 Å². The van der Waals surface area contributed by atoms with Gasteiger partial charge in [0.1, 0.15) is 18.4 Å². The number of rotatable bonds is 6. The molecule has 0 aromatic heterocycles. The standard InChI is InChI=1S/C21H29N3O4/c1-14-8-5-6-9-15(14)18(26)23-17(21(2,3)4)20(28)24-12-7-10-16(24)19(27)22-11-13-25/h5-6,8-9,13,16-17H,7,10-12H2,1-4H3,(H,22,27)(H,23,26)/t16-,17+/m0/s1. The monoisotopic (exact) mass is 387 g/mol. The van der Waals surface area contributed by atoms with Gasteiger partial charge < -0.3 is 20.3 Å². The van der Waals surface area contributed by atoms with E-state index in [9.17, 15) is 19.2 Å². The lowest BCUT2D eigenvalue weighted by Gasteiger charge is -2.35.